The second kappa shape index (κ2) is 6.29. The van der Waals surface area contributed by atoms with Gasteiger partial charge in [0.25, 0.3) is 0 Å². The summed E-state index contributed by atoms with van der Waals surface area (Å²) >= 11 is 0. The summed E-state index contributed by atoms with van der Waals surface area (Å²) in [5, 5.41) is 5.30. The molecule has 0 fully saturated rings. The van der Waals surface area contributed by atoms with Gasteiger partial charge in [0.15, 0.2) is 5.65 Å². The highest BCUT2D eigenvalue weighted by Gasteiger charge is 2.11. The first kappa shape index (κ1) is 15.2. The molecule has 7 nitrogen and oxygen atoms in total. The van der Waals surface area contributed by atoms with Gasteiger partial charge in [-0.2, -0.15) is 4.98 Å². The number of nitrogens with one attached hydrogen (secondary N) is 2. The van der Waals surface area contributed by atoms with E-state index in [9.17, 15) is 4.79 Å². The molecule has 0 saturated heterocycles. The Morgan fingerprint density at radius 3 is 3.00 bits per heavy atom. The molecule has 0 unspecified atom stereocenters. The summed E-state index contributed by atoms with van der Waals surface area (Å²) in [5.74, 6) is 0.561. The molecule has 7 heteroatoms. The zero-order valence-electron chi connectivity index (χ0n) is 13.7. The van der Waals surface area contributed by atoms with Crippen LogP contribution < -0.4 is 10.6 Å². The lowest BCUT2D eigenvalue weighted by Crippen LogP contribution is -2.85. The average Bonchev–Trinajstić information content (AvgIpc) is 3.09. The van der Waals surface area contributed by atoms with Crippen LogP contribution in [-0.2, 0) is 0 Å². The van der Waals surface area contributed by atoms with E-state index in [4.69, 9.17) is 0 Å². The minimum absolute atomic E-state index is 0.170. The maximum absolute atomic E-state index is 11.7. The van der Waals surface area contributed by atoms with Crippen LogP contribution in [0.25, 0.3) is 33.3 Å². The number of rotatable bonds is 3. The van der Waals surface area contributed by atoms with Crippen molar-refractivity contribution in [3.63, 3.8) is 0 Å². The number of urea groups is 1. The lowest BCUT2D eigenvalue weighted by Gasteiger charge is -2.04. The number of nitrogens with zero attached hydrogens (tertiary/aromatic N) is 3. The Bertz CT molecular complexity index is 1070. The van der Waals surface area contributed by atoms with Gasteiger partial charge in [0.05, 0.1) is 11.9 Å². The van der Waals surface area contributed by atoms with Crippen molar-refractivity contribution in [3.8, 4) is 11.3 Å². The second-order valence-electron chi connectivity index (χ2n) is 5.65. The number of primary amides is 1. The first-order chi connectivity index (χ1) is 12.2. The number of fused-ring (bicyclic) bond motifs is 2. The first-order valence-corrected chi connectivity index (χ1v) is 8.07. The van der Waals surface area contributed by atoms with E-state index in [1.54, 1.807) is 12.3 Å². The molecule has 1 aromatic carbocycles. The quantitative estimate of drug-likeness (QED) is 0.534. The maximum atomic E-state index is 11.7. The number of H-pyrrole nitrogens is 1. The van der Waals surface area contributed by atoms with Crippen LogP contribution in [0, 0.1) is 0 Å². The van der Waals surface area contributed by atoms with Crippen molar-refractivity contribution in [1.29, 1.82) is 0 Å². The predicted octanol–water partition coefficient (Wildman–Crippen LogP) is 2.10. The van der Waals surface area contributed by atoms with E-state index in [0.29, 0.717) is 23.5 Å². The van der Waals surface area contributed by atoms with Gasteiger partial charge in [-0.3, -0.25) is 4.98 Å². The van der Waals surface area contributed by atoms with E-state index < -0.39 is 0 Å². The SMILES string of the molecule is CCNC(=O)[NH2+]c1ccc2ncc(-c3ccc4[nH]ccc4c3)nc2n1. The fourth-order valence-electron chi connectivity index (χ4n) is 2.70. The number of carbonyl (C=O) groups excluding carboxylic acids is 1. The number of hydrogen-bond acceptors (Lipinski definition) is 4. The Morgan fingerprint density at radius 2 is 2.12 bits per heavy atom. The highest BCUT2D eigenvalue weighted by molar-refractivity contribution is 5.85. The van der Waals surface area contributed by atoms with Gasteiger partial charge in [0.2, 0.25) is 5.82 Å². The molecule has 4 rings (SSSR count). The van der Waals surface area contributed by atoms with Gasteiger partial charge >= 0.3 is 6.03 Å². The molecule has 0 aliphatic heterocycles. The summed E-state index contributed by atoms with van der Waals surface area (Å²) in [4.78, 5) is 28.4. The molecule has 0 aliphatic carbocycles. The number of carbonyl (C=O) groups is 1. The average molecular weight is 333 g/mol. The van der Waals surface area contributed by atoms with Gasteiger partial charge < -0.3 is 10.3 Å². The van der Waals surface area contributed by atoms with Gasteiger partial charge in [0.1, 0.15) is 5.52 Å². The molecule has 4 N–H and O–H groups in total. The molecule has 4 aromatic rings. The lowest BCUT2D eigenvalue weighted by molar-refractivity contribution is -0.468. The van der Waals surface area contributed by atoms with Gasteiger partial charge in [-0.1, -0.05) is 6.07 Å². The van der Waals surface area contributed by atoms with Gasteiger partial charge in [-0.25, -0.2) is 15.1 Å². The Kier molecular flexibility index (Phi) is 3.83. The van der Waals surface area contributed by atoms with Crippen LogP contribution in [0.4, 0.5) is 10.6 Å². The number of nitrogens with two attached hydrogens (primary N) is 1. The Balaban J connectivity index is 1.71. The molecular weight excluding hydrogens is 316 g/mol. The lowest BCUT2D eigenvalue weighted by atomic mass is 10.1. The topological polar surface area (TPSA) is 100 Å². The van der Waals surface area contributed by atoms with Gasteiger partial charge in [-0.05, 0) is 31.2 Å². The summed E-state index contributed by atoms with van der Waals surface area (Å²) in [6.45, 7) is 2.45. The highest BCUT2D eigenvalue weighted by Crippen LogP contribution is 2.23. The van der Waals surface area contributed by atoms with Crippen LogP contribution >= 0.6 is 0 Å². The van der Waals surface area contributed by atoms with Crippen LogP contribution in [0.5, 0.6) is 0 Å². The molecule has 0 atom stereocenters. The molecule has 0 spiro atoms. The first-order valence-electron chi connectivity index (χ1n) is 8.07. The summed E-state index contributed by atoms with van der Waals surface area (Å²) in [7, 11) is 0. The largest absolute Gasteiger partial charge is 0.419 e. The van der Waals surface area contributed by atoms with Crippen LogP contribution in [0.2, 0.25) is 0 Å². The second-order valence-corrected chi connectivity index (χ2v) is 5.65. The van der Waals surface area contributed by atoms with Crippen molar-refractivity contribution < 1.29 is 10.1 Å². The molecule has 3 aromatic heterocycles. The van der Waals surface area contributed by atoms with Crippen molar-refractivity contribution in [2.24, 2.45) is 0 Å². The zero-order valence-corrected chi connectivity index (χ0v) is 13.7. The van der Waals surface area contributed by atoms with Crippen LogP contribution in [0.3, 0.4) is 0 Å². The van der Waals surface area contributed by atoms with Crippen LogP contribution in [0.1, 0.15) is 6.92 Å². The summed E-state index contributed by atoms with van der Waals surface area (Å²) in [5.41, 5.74) is 4.01. The highest BCUT2D eigenvalue weighted by atomic mass is 16.2. The number of pyridine rings is 1. The number of aromatic amines is 1. The van der Waals surface area contributed by atoms with Crippen molar-refractivity contribution in [2.45, 2.75) is 6.92 Å². The number of aromatic nitrogens is 4. The molecule has 2 amide bonds. The van der Waals surface area contributed by atoms with Crippen molar-refractivity contribution in [3.05, 3.63) is 48.8 Å². The van der Waals surface area contributed by atoms with E-state index >= 15 is 0 Å². The van der Waals surface area contributed by atoms with E-state index in [2.05, 4.69) is 31.3 Å². The Hall–Kier alpha value is -3.32. The molecule has 25 heavy (non-hydrogen) atoms. The van der Waals surface area contributed by atoms with E-state index in [0.717, 1.165) is 22.2 Å². The molecule has 3 heterocycles. The summed E-state index contributed by atoms with van der Waals surface area (Å²) in [6, 6.07) is 11.5. The number of hydrogen-bond donors (Lipinski definition) is 3. The van der Waals surface area contributed by atoms with E-state index in [1.165, 1.54) is 5.32 Å². The number of benzene rings is 1. The fourth-order valence-corrected chi connectivity index (χ4v) is 2.70. The van der Waals surface area contributed by atoms with Crippen LogP contribution in [0.15, 0.2) is 48.8 Å². The fraction of sp³-hybridized carbons (Fsp3) is 0.111. The monoisotopic (exact) mass is 333 g/mol. The van der Waals surface area contributed by atoms with Crippen molar-refractivity contribution >= 4 is 33.9 Å². The third-order valence-corrected chi connectivity index (χ3v) is 3.91. The maximum Gasteiger partial charge on any atom is 0.419 e. The smallest absolute Gasteiger partial charge is 0.361 e. The van der Waals surface area contributed by atoms with Crippen molar-refractivity contribution in [1.82, 2.24) is 25.3 Å². The summed E-state index contributed by atoms with van der Waals surface area (Å²) in [6.07, 6.45) is 3.65. The van der Waals surface area contributed by atoms with E-state index in [-0.39, 0.29) is 6.03 Å². The van der Waals surface area contributed by atoms with Gasteiger partial charge in [-0.15, -0.1) is 0 Å². The number of quaternary nitrogens is 1. The molecular formula is C18H17N6O+. The van der Waals surface area contributed by atoms with Crippen molar-refractivity contribution in [2.75, 3.05) is 6.54 Å². The minimum Gasteiger partial charge on any atom is -0.361 e. The predicted molar refractivity (Wildman–Crippen MR) is 95.3 cm³/mol. The zero-order chi connectivity index (χ0) is 17.2. The summed E-state index contributed by atoms with van der Waals surface area (Å²) < 4.78 is 0. The molecule has 0 radical (unpaired) electrons. The van der Waals surface area contributed by atoms with Gasteiger partial charge in [0, 0.05) is 35.3 Å². The molecule has 124 valence electrons. The third-order valence-electron chi connectivity index (χ3n) is 3.91. The Morgan fingerprint density at radius 1 is 1.20 bits per heavy atom. The molecule has 0 aliphatic rings. The van der Waals surface area contributed by atoms with E-state index in [1.807, 2.05) is 37.4 Å². The minimum atomic E-state index is -0.170. The normalized spacial score (nSPS) is 11.1. The molecule has 0 bridgehead atoms. The van der Waals surface area contributed by atoms with Crippen LogP contribution in [-0.4, -0.2) is 32.5 Å². The third kappa shape index (κ3) is 3.05. The number of amides is 2. The molecule has 0 saturated carbocycles. The Labute approximate surface area is 143 Å². The standard InChI is InChI=1S/C18H16N6O/c1-2-19-18(25)24-16-6-5-14-17(23-16)22-15(10-21-14)11-3-4-13-12(9-11)7-8-20-13/h3-10,20H,2H2,1H3,(H2,19,22,23,24,25)/p+1.